The van der Waals surface area contributed by atoms with Crippen molar-refractivity contribution in [2.75, 3.05) is 24.7 Å². The number of anilines is 1. The molecule has 5 heterocycles. The number of nitrogens with one attached hydrogen (secondary N) is 1. The SMILES string of the molecule is CC[C@@]1(O)C(=O)OCc2c1cc1n(c2=O)Cc2c-1nc1cc(F)c3c(c1c2C)N(C(=O)CNC(=O)CN)CO3.Cl. The number of carbonyl (C=O) groups is 3. The minimum atomic E-state index is -1.97. The van der Waals surface area contributed by atoms with Crippen molar-refractivity contribution in [3.05, 3.63) is 50.6 Å². The Bertz CT molecular complexity index is 1710. The van der Waals surface area contributed by atoms with E-state index in [4.69, 9.17) is 15.2 Å². The first-order chi connectivity index (χ1) is 18.6. The van der Waals surface area contributed by atoms with E-state index in [1.807, 2.05) is 0 Å². The molecule has 6 rings (SSSR count). The fourth-order valence-corrected chi connectivity index (χ4v) is 5.52. The summed E-state index contributed by atoms with van der Waals surface area (Å²) in [6, 6.07) is 2.78. The van der Waals surface area contributed by atoms with E-state index >= 15 is 4.39 Å². The van der Waals surface area contributed by atoms with Crippen molar-refractivity contribution < 1.29 is 33.4 Å². The van der Waals surface area contributed by atoms with E-state index in [0.717, 1.165) is 0 Å². The Morgan fingerprint density at radius 3 is 2.70 bits per heavy atom. The van der Waals surface area contributed by atoms with Crippen LogP contribution in [0.15, 0.2) is 16.9 Å². The van der Waals surface area contributed by atoms with Crippen LogP contribution >= 0.6 is 12.4 Å². The number of nitrogens with two attached hydrogens (primary N) is 1. The first-order valence-corrected chi connectivity index (χ1v) is 12.3. The zero-order chi connectivity index (χ0) is 27.8. The summed E-state index contributed by atoms with van der Waals surface area (Å²) in [7, 11) is 0. The molecule has 0 bridgehead atoms. The maximum Gasteiger partial charge on any atom is 0.343 e. The van der Waals surface area contributed by atoms with Crippen LogP contribution < -0.4 is 26.2 Å². The smallest absolute Gasteiger partial charge is 0.343 e. The first-order valence-electron chi connectivity index (χ1n) is 12.3. The number of carbonyl (C=O) groups excluding carboxylic acids is 3. The van der Waals surface area contributed by atoms with Gasteiger partial charge in [0.1, 0.15) is 12.3 Å². The highest BCUT2D eigenvalue weighted by atomic mass is 35.5. The van der Waals surface area contributed by atoms with E-state index < -0.39 is 34.8 Å². The average Bonchev–Trinajstić information content (AvgIpc) is 3.53. The van der Waals surface area contributed by atoms with Gasteiger partial charge in [-0.1, -0.05) is 6.92 Å². The third-order valence-electron chi connectivity index (χ3n) is 7.67. The normalized spacial score (nSPS) is 18.2. The number of amides is 2. The Hall–Kier alpha value is -4.07. The van der Waals surface area contributed by atoms with Crippen LogP contribution in [0.1, 0.15) is 35.6 Å². The van der Waals surface area contributed by atoms with Gasteiger partial charge in [-0.25, -0.2) is 14.2 Å². The van der Waals surface area contributed by atoms with Crippen molar-refractivity contribution in [1.29, 1.82) is 0 Å². The molecule has 40 heavy (non-hydrogen) atoms. The van der Waals surface area contributed by atoms with Crippen LogP contribution in [0.3, 0.4) is 0 Å². The highest BCUT2D eigenvalue weighted by Gasteiger charge is 2.45. The molecule has 2 aromatic heterocycles. The van der Waals surface area contributed by atoms with Crippen LogP contribution in [-0.4, -0.2) is 52.3 Å². The Morgan fingerprint density at radius 1 is 1.25 bits per heavy atom. The molecule has 3 aromatic rings. The molecule has 4 N–H and O–H groups in total. The molecule has 0 aliphatic carbocycles. The van der Waals surface area contributed by atoms with Crippen LogP contribution in [0.25, 0.3) is 22.3 Å². The molecule has 3 aliphatic rings. The van der Waals surface area contributed by atoms with Gasteiger partial charge in [0.25, 0.3) is 5.56 Å². The average molecular weight is 574 g/mol. The van der Waals surface area contributed by atoms with Crippen molar-refractivity contribution >= 4 is 46.8 Å². The molecule has 2 amide bonds. The van der Waals surface area contributed by atoms with Gasteiger partial charge in [0, 0.05) is 22.6 Å². The summed E-state index contributed by atoms with van der Waals surface area (Å²) >= 11 is 0. The second kappa shape index (κ2) is 9.54. The van der Waals surface area contributed by atoms with Gasteiger partial charge in [0.2, 0.25) is 11.8 Å². The number of aliphatic hydroxyl groups is 1. The maximum absolute atomic E-state index is 15.2. The number of benzene rings is 1. The van der Waals surface area contributed by atoms with Gasteiger partial charge in [-0.2, -0.15) is 0 Å². The molecule has 0 saturated heterocycles. The largest absolute Gasteiger partial charge is 0.467 e. The molecule has 14 heteroatoms. The topological polar surface area (TPSA) is 166 Å². The lowest BCUT2D eigenvalue weighted by Gasteiger charge is -2.31. The third-order valence-corrected chi connectivity index (χ3v) is 7.67. The molecule has 0 spiro atoms. The van der Waals surface area contributed by atoms with Crippen molar-refractivity contribution in [3.8, 4) is 17.1 Å². The molecule has 12 nitrogen and oxygen atoms in total. The minimum Gasteiger partial charge on any atom is -0.467 e. The van der Waals surface area contributed by atoms with Crippen LogP contribution in [0.4, 0.5) is 10.1 Å². The fraction of sp³-hybridized carbons (Fsp3) is 0.346. The molecular weight excluding hydrogens is 549 g/mol. The number of cyclic esters (lactones) is 1. The van der Waals surface area contributed by atoms with E-state index in [-0.39, 0.29) is 79.9 Å². The van der Waals surface area contributed by atoms with E-state index in [2.05, 4.69) is 10.3 Å². The number of fused-ring (bicyclic) bond motifs is 7. The molecule has 0 unspecified atom stereocenters. The Morgan fingerprint density at radius 2 is 2.00 bits per heavy atom. The zero-order valence-electron chi connectivity index (χ0n) is 21.5. The van der Waals surface area contributed by atoms with Gasteiger partial charge in [0.15, 0.2) is 23.9 Å². The second-order valence-corrected chi connectivity index (χ2v) is 9.67. The van der Waals surface area contributed by atoms with E-state index in [0.29, 0.717) is 27.9 Å². The van der Waals surface area contributed by atoms with E-state index in [1.165, 1.54) is 15.5 Å². The number of ether oxygens (including phenoxy) is 2. The van der Waals surface area contributed by atoms with Crippen molar-refractivity contribution in [1.82, 2.24) is 14.9 Å². The van der Waals surface area contributed by atoms with Crippen molar-refractivity contribution in [2.45, 2.75) is 39.0 Å². The van der Waals surface area contributed by atoms with Gasteiger partial charge in [-0.05, 0) is 25.0 Å². The van der Waals surface area contributed by atoms with Gasteiger partial charge in [-0.15, -0.1) is 12.4 Å². The highest BCUT2D eigenvalue weighted by Crippen LogP contribution is 2.47. The summed E-state index contributed by atoms with van der Waals surface area (Å²) in [5, 5.41) is 13.9. The van der Waals surface area contributed by atoms with E-state index in [9.17, 15) is 24.3 Å². The van der Waals surface area contributed by atoms with Crippen LogP contribution in [0.5, 0.6) is 5.75 Å². The van der Waals surface area contributed by atoms with Gasteiger partial charge in [0.05, 0.1) is 42.1 Å². The number of hydrogen-bond acceptors (Lipinski definition) is 9. The number of rotatable bonds is 4. The lowest BCUT2D eigenvalue weighted by atomic mass is 9.86. The lowest BCUT2D eigenvalue weighted by Crippen LogP contribution is -2.44. The third kappa shape index (κ3) is 3.68. The predicted octanol–water partition coefficient (Wildman–Crippen LogP) is 0.707. The Kier molecular flexibility index (Phi) is 6.56. The van der Waals surface area contributed by atoms with Gasteiger partial charge < -0.3 is 30.2 Å². The molecule has 1 atom stereocenters. The second-order valence-electron chi connectivity index (χ2n) is 9.67. The zero-order valence-corrected chi connectivity index (χ0v) is 22.3. The first kappa shape index (κ1) is 27.5. The number of nitrogens with zero attached hydrogens (tertiary/aromatic N) is 3. The molecule has 210 valence electrons. The Labute approximate surface area is 232 Å². The van der Waals surface area contributed by atoms with Crippen molar-refractivity contribution in [2.24, 2.45) is 5.73 Å². The fourth-order valence-electron chi connectivity index (χ4n) is 5.52. The van der Waals surface area contributed by atoms with Gasteiger partial charge >= 0.3 is 5.97 Å². The molecule has 1 aromatic carbocycles. The molecule has 0 radical (unpaired) electrons. The van der Waals surface area contributed by atoms with Gasteiger partial charge in [-0.3, -0.25) is 19.3 Å². The summed E-state index contributed by atoms with van der Waals surface area (Å²) in [5.41, 5.74) is 5.78. The van der Waals surface area contributed by atoms with Crippen LogP contribution in [0.2, 0.25) is 0 Å². The predicted molar refractivity (Wildman–Crippen MR) is 142 cm³/mol. The number of aromatic nitrogens is 2. The minimum absolute atomic E-state index is 0. The summed E-state index contributed by atoms with van der Waals surface area (Å²) in [6.07, 6.45) is 0.00566. The summed E-state index contributed by atoms with van der Waals surface area (Å²) < 4.78 is 27.3. The number of aryl methyl sites for hydroxylation is 1. The summed E-state index contributed by atoms with van der Waals surface area (Å²) in [4.78, 5) is 56.3. The van der Waals surface area contributed by atoms with Crippen molar-refractivity contribution in [3.63, 3.8) is 0 Å². The number of halogens is 2. The monoisotopic (exact) mass is 573 g/mol. The maximum atomic E-state index is 15.2. The molecular formula is C26H25ClFN5O7. The summed E-state index contributed by atoms with van der Waals surface area (Å²) in [6.45, 7) is 2.38. The molecule has 0 saturated carbocycles. The standard InChI is InChI=1S/C26H24FN5O7.ClH/c1-3-26(37)14-4-17-21-12(8-31(17)24(35)13(14)9-38-25(26)36)11(2)20-16(30-21)5-15(27)23-22(20)32(10-39-23)19(34)7-29-18(33)6-28;/h4-5,37H,3,6-10,28H2,1-2H3,(H,29,33);1H/t26-;/m0./s1. The quantitative estimate of drug-likeness (QED) is 0.298. The van der Waals surface area contributed by atoms with Crippen LogP contribution in [0, 0.1) is 12.7 Å². The molecule has 3 aliphatic heterocycles. The summed E-state index contributed by atoms with van der Waals surface area (Å²) in [5.74, 6) is -2.71. The highest BCUT2D eigenvalue weighted by molar-refractivity contribution is 6.09. The number of pyridine rings is 2. The lowest BCUT2D eigenvalue weighted by molar-refractivity contribution is -0.172. The number of hydrogen-bond donors (Lipinski definition) is 3. The molecule has 0 fully saturated rings. The van der Waals surface area contributed by atoms with Crippen LogP contribution in [-0.2, 0) is 37.9 Å². The number of esters is 1. The Balaban J connectivity index is 0.00000323. The van der Waals surface area contributed by atoms with E-state index in [1.54, 1.807) is 19.9 Å².